The Bertz CT molecular complexity index is 555. The molecular formula is C13H12BrFN2O. The van der Waals surface area contributed by atoms with Crippen molar-refractivity contribution in [3.05, 3.63) is 46.1 Å². The van der Waals surface area contributed by atoms with Gasteiger partial charge in [0.2, 0.25) is 5.88 Å². The third kappa shape index (κ3) is 3.26. The number of hydrogen-bond acceptors (Lipinski definition) is 3. The van der Waals surface area contributed by atoms with Gasteiger partial charge in [0.05, 0.1) is 0 Å². The van der Waals surface area contributed by atoms with E-state index in [1.165, 1.54) is 12.1 Å². The van der Waals surface area contributed by atoms with Crippen LogP contribution in [0.4, 0.5) is 4.39 Å². The number of aryl methyl sites for hydroxylation is 2. The Morgan fingerprint density at radius 2 is 2.00 bits per heavy atom. The van der Waals surface area contributed by atoms with Gasteiger partial charge in [0.1, 0.15) is 17.4 Å². The average molecular weight is 311 g/mol. The first kappa shape index (κ1) is 13.0. The standard InChI is InChI=1S/C13H12BrFN2O/c1-3-11-7-13(17-8(2)16-11)18-12-5-9(14)4-10(15)6-12/h4-7H,3H2,1-2H3. The van der Waals surface area contributed by atoms with Gasteiger partial charge in [0.15, 0.2) is 0 Å². The van der Waals surface area contributed by atoms with Crippen molar-refractivity contribution in [3.63, 3.8) is 0 Å². The van der Waals surface area contributed by atoms with Gasteiger partial charge in [-0.3, -0.25) is 0 Å². The summed E-state index contributed by atoms with van der Waals surface area (Å²) in [6.07, 6.45) is 0.798. The molecule has 0 saturated heterocycles. The summed E-state index contributed by atoms with van der Waals surface area (Å²) in [7, 11) is 0. The average Bonchev–Trinajstić information content (AvgIpc) is 2.26. The van der Waals surface area contributed by atoms with Gasteiger partial charge in [-0.2, -0.15) is 4.98 Å². The number of nitrogens with zero attached hydrogens (tertiary/aromatic N) is 2. The molecule has 0 N–H and O–H groups in total. The van der Waals surface area contributed by atoms with E-state index in [9.17, 15) is 4.39 Å². The molecule has 0 saturated carbocycles. The third-order valence-electron chi connectivity index (χ3n) is 2.29. The molecule has 0 atom stereocenters. The van der Waals surface area contributed by atoms with Crippen LogP contribution in [-0.2, 0) is 6.42 Å². The summed E-state index contributed by atoms with van der Waals surface area (Å²) in [6, 6.07) is 6.13. The maximum atomic E-state index is 13.2. The van der Waals surface area contributed by atoms with Crippen LogP contribution in [0.2, 0.25) is 0 Å². The quantitative estimate of drug-likeness (QED) is 0.858. The van der Waals surface area contributed by atoms with E-state index in [1.807, 2.05) is 6.92 Å². The van der Waals surface area contributed by atoms with Gasteiger partial charge in [-0.05, 0) is 25.5 Å². The van der Waals surface area contributed by atoms with Crippen LogP contribution < -0.4 is 4.74 Å². The lowest BCUT2D eigenvalue weighted by atomic mass is 10.3. The molecule has 0 aliphatic carbocycles. The Balaban J connectivity index is 2.30. The van der Waals surface area contributed by atoms with Crippen molar-refractivity contribution >= 4 is 15.9 Å². The van der Waals surface area contributed by atoms with Crippen LogP contribution in [0.1, 0.15) is 18.4 Å². The minimum Gasteiger partial charge on any atom is -0.439 e. The molecule has 0 amide bonds. The SMILES string of the molecule is CCc1cc(Oc2cc(F)cc(Br)c2)nc(C)n1. The van der Waals surface area contributed by atoms with E-state index >= 15 is 0 Å². The van der Waals surface area contributed by atoms with Crippen LogP contribution in [0.15, 0.2) is 28.7 Å². The van der Waals surface area contributed by atoms with E-state index in [-0.39, 0.29) is 5.82 Å². The van der Waals surface area contributed by atoms with Gasteiger partial charge in [-0.1, -0.05) is 22.9 Å². The van der Waals surface area contributed by atoms with Crippen LogP contribution in [-0.4, -0.2) is 9.97 Å². The molecule has 1 heterocycles. The highest BCUT2D eigenvalue weighted by Crippen LogP contribution is 2.25. The molecule has 18 heavy (non-hydrogen) atoms. The van der Waals surface area contributed by atoms with E-state index in [4.69, 9.17) is 4.74 Å². The smallest absolute Gasteiger partial charge is 0.222 e. The molecular weight excluding hydrogens is 299 g/mol. The van der Waals surface area contributed by atoms with Crippen molar-refractivity contribution < 1.29 is 9.13 Å². The number of aromatic nitrogens is 2. The molecule has 3 nitrogen and oxygen atoms in total. The van der Waals surface area contributed by atoms with Crippen molar-refractivity contribution in [1.29, 1.82) is 0 Å². The summed E-state index contributed by atoms with van der Waals surface area (Å²) in [6.45, 7) is 3.80. The van der Waals surface area contributed by atoms with Crippen molar-refractivity contribution in [2.45, 2.75) is 20.3 Å². The highest BCUT2D eigenvalue weighted by atomic mass is 79.9. The molecule has 1 aromatic heterocycles. The minimum atomic E-state index is -0.360. The summed E-state index contributed by atoms with van der Waals surface area (Å²) in [5.74, 6) is 1.11. The Labute approximate surface area is 113 Å². The van der Waals surface area contributed by atoms with Crippen LogP contribution in [0.5, 0.6) is 11.6 Å². The van der Waals surface area contributed by atoms with E-state index < -0.39 is 0 Å². The fourth-order valence-corrected chi connectivity index (χ4v) is 1.99. The highest BCUT2D eigenvalue weighted by molar-refractivity contribution is 9.10. The lowest BCUT2D eigenvalue weighted by Gasteiger charge is -2.07. The van der Waals surface area contributed by atoms with E-state index in [0.717, 1.165) is 12.1 Å². The maximum Gasteiger partial charge on any atom is 0.222 e. The van der Waals surface area contributed by atoms with Gasteiger partial charge >= 0.3 is 0 Å². The summed E-state index contributed by atoms with van der Waals surface area (Å²) in [5, 5.41) is 0. The fraction of sp³-hybridized carbons (Fsp3) is 0.231. The molecule has 0 fully saturated rings. The Morgan fingerprint density at radius 3 is 2.67 bits per heavy atom. The van der Waals surface area contributed by atoms with Gasteiger partial charge < -0.3 is 4.74 Å². The second-order valence-corrected chi connectivity index (χ2v) is 4.72. The van der Waals surface area contributed by atoms with Gasteiger partial charge in [0.25, 0.3) is 0 Å². The molecule has 0 bridgehead atoms. The molecule has 94 valence electrons. The van der Waals surface area contributed by atoms with Crippen molar-refractivity contribution in [2.75, 3.05) is 0 Å². The zero-order valence-corrected chi connectivity index (χ0v) is 11.7. The van der Waals surface area contributed by atoms with Crippen molar-refractivity contribution in [1.82, 2.24) is 9.97 Å². The first-order valence-corrected chi connectivity index (χ1v) is 6.34. The summed E-state index contributed by atoms with van der Waals surface area (Å²) in [5.41, 5.74) is 0.896. The lowest BCUT2D eigenvalue weighted by molar-refractivity contribution is 0.453. The molecule has 0 aliphatic rings. The van der Waals surface area contributed by atoms with Crippen LogP contribution >= 0.6 is 15.9 Å². The third-order valence-corrected chi connectivity index (χ3v) is 2.75. The van der Waals surface area contributed by atoms with E-state index in [1.54, 1.807) is 19.1 Å². The minimum absolute atomic E-state index is 0.360. The topological polar surface area (TPSA) is 35.0 Å². The number of benzene rings is 1. The number of halogens is 2. The Hall–Kier alpha value is -1.49. The largest absolute Gasteiger partial charge is 0.439 e. The predicted octanol–water partition coefficient (Wildman–Crippen LogP) is 4.04. The number of ether oxygens (including phenoxy) is 1. The number of hydrogen-bond donors (Lipinski definition) is 0. The lowest BCUT2D eigenvalue weighted by Crippen LogP contribution is -1.97. The first-order chi connectivity index (χ1) is 8.56. The molecule has 2 aromatic rings. The monoisotopic (exact) mass is 310 g/mol. The summed E-state index contributed by atoms with van der Waals surface area (Å²) in [4.78, 5) is 8.42. The maximum absolute atomic E-state index is 13.2. The van der Waals surface area contributed by atoms with Gasteiger partial charge in [-0.15, -0.1) is 0 Å². The van der Waals surface area contributed by atoms with E-state index in [0.29, 0.717) is 21.9 Å². The molecule has 2 rings (SSSR count). The summed E-state index contributed by atoms with van der Waals surface area (Å²) >= 11 is 3.22. The second-order valence-electron chi connectivity index (χ2n) is 3.81. The molecule has 1 aromatic carbocycles. The second kappa shape index (κ2) is 5.44. The summed E-state index contributed by atoms with van der Waals surface area (Å²) < 4.78 is 19.4. The predicted molar refractivity (Wildman–Crippen MR) is 70.3 cm³/mol. The van der Waals surface area contributed by atoms with Crippen molar-refractivity contribution in [2.24, 2.45) is 0 Å². The van der Waals surface area contributed by atoms with Crippen molar-refractivity contribution in [3.8, 4) is 11.6 Å². The van der Waals surface area contributed by atoms with Crippen LogP contribution in [0.3, 0.4) is 0 Å². The van der Waals surface area contributed by atoms with Gasteiger partial charge in [-0.25, -0.2) is 9.37 Å². The molecule has 0 spiro atoms. The Morgan fingerprint density at radius 1 is 1.22 bits per heavy atom. The zero-order valence-electron chi connectivity index (χ0n) is 10.1. The molecule has 0 radical (unpaired) electrons. The van der Waals surface area contributed by atoms with E-state index in [2.05, 4.69) is 25.9 Å². The fourth-order valence-electron chi connectivity index (χ4n) is 1.54. The molecule has 0 unspecified atom stereocenters. The Kier molecular flexibility index (Phi) is 3.91. The number of rotatable bonds is 3. The zero-order chi connectivity index (χ0) is 13.1. The molecule has 0 aliphatic heterocycles. The van der Waals surface area contributed by atoms with Crippen LogP contribution in [0, 0.1) is 12.7 Å². The highest BCUT2D eigenvalue weighted by Gasteiger charge is 2.05. The van der Waals surface area contributed by atoms with Gasteiger partial charge in [0, 0.05) is 22.3 Å². The molecule has 5 heteroatoms. The normalized spacial score (nSPS) is 10.4. The van der Waals surface area contributed by atoms with Crippen LogP contribution in [0.25, 0.3) is 0 Å². The first-order valence-electron chi connectivity index (χ1n) is 5.55.